The first-order chi connectivity index (χ1) is 9.74. The molecule has 0 fully saturated rings. The number of thiophene rings is 2. The van der Waals surface area contributed by atoms with Gasteiger partial charge in [0.25, 0.3) is 11.8 Å². The zero-order chi connectivity index (χ0) is 14.1. The monoisotopic (exact) mass is 303 g/mol. The smallest absolute Gasteiger partial charge is 0.263 e. The van der Waals surface area contributed by atoms with Crippen LogP contribution >= 0.6 is 22.7 Å². The highest BCUT2D eigenvalue weighted by atomic mass is 32.1. The first kappa shape index (κ1) is 13.0. The van der Waals surface area contributed by atoms with Crippen LogP contribution in [0.1, 0.15) is 9.75 Å². The Labute approximate surface area is 123 Å². The van der Waals surface area contributed by atoms with Gasteiger partial charge in [-0.25, -0.2) is 0 Å². The molecule has 6 heteroatoms. The highest BCUT2D eigenvalue weighted by Gasteiger charge is 2.39. The first-order valence-corrected chi connectivity index (χ1v) is 7.62. The largest absolute Gasteiger partial charge is 0.301 e. The third-order valence-electron chi connectivity index (χ3n) is 2.96. The number of hydrogen-bond donors (Lipinski definition) is 0. The van der Waals surface area contributed by atoms with Crippen molar-refractivity contribution in [2.24, 2.45) is 0 Å². The standard InChI is InChI=1S/C14H9NO3S2/c16-6-5-15-13(17)11(9-3-1-7-19-9)12(14(15)18)10-4-2-8-20-10/h1-4,6-8H,5H2. The van der Waals surface area contributed by atoms with Crippen LogP contribution < -0.4 is 0 Å². The molecule has 2 aromatic rings. The zero-order valence-electron chi connectivity index (χ0n) is 10.2. The molecule has 0 saturated carbocycles. The van der Waals surface area contributed by atoms with Gasteiger partial charge in [-0.3, -0.25) is 14.5 Å². The SMILES string of the molecule is O=CCN1C(=O)C(c2cccs2)=C(c2cccs2)C1=O. The second-order valence-electron chi connectivity index (χ2n) is 4.09. The van der Waals surface area contributed by atoms with Crippen LogP contribution in [-0.2, 0) is 14.4 Å². The molecule has 100 valence electrons. The Balaban J connectivity index is 2.18. The molecule has 3 heterocycles. The fourth-order valence-electron chi connectivity index (χ4n) is 2.12. The number of amides is 2. The molecule has 0 aromatic carbocycles. The average Bonchev–Trinajstić information content (AvgIpc) is 3.14. The summed E-state index contributed by atoms with van der Waals surface area (Å²) in [5.41, 5.74) is 0.795. The Morgan fingerprint density at radius 1 is 0.950 bits per heavy atom. The van der Waals surface area contributed by atoms with E-state index in [2.05, 4.69) is 0 Å². The summed E-state index contributed by atoms with van der Waals surface area (Å²) in [6, 6.07) is 7.28. The maximum atomic E-state index is 12.4. The minimum atomic E-state index is -0.395. The molecule has 4 nitrogen and oxygen atoms in total. The van der Waals surface area contributed by atoms with Crippen molar-refractivity contribution < 1.29 is 14.4 Å². The van der Waals surface area contributed by atoms with Gasteiger partial charge in [0.05, 0.1) is 17.7 Å². The predicted octanol–water partition coefficient (Wildman–Crippen LogP) is 2.29. The minimum Gasteiger partial charge on any atom is -0.301 e. The number of rotatable bonds is 4. The van der Waals surface area contributed by atoms with Crippen molar-refractivity contribution in [3.8, 4) is 0 Å². The van der Waals surface area contributed by atoms with Gasteiger partial charge in [-0.1, -0.05) is 12.1 Å². The van der Waals surface area contributed by atoms with Crippen LogP contribution in [0.5, 0.6) is 0 Å². The summed E-state index contributed by atoms with van der Waals surface area (Å²) < 4.78 is 0. The van der Waals surface area contributed by atoms with Crippen LogP contribution in [-0.4, -0.2) is 29.5 Å². The van der Waals surface area contributed by atoms with Crippen LogP contribution in [0.25, 0.3) is 11.1 Å². The molecule has 1 aliphatic heterocycles. The molecule has 0 bridgehead atoms. The van der Waals surface area contributed by atoms with E-state index in [9.17, 15) is 14.4 Å². The van der Waals surface area contributed by atoms with Crippen molar-refractivity contribution in [2.75, 3.05) is 6.54 Å². The van der Waals surface area contributed by atoms with Crippen molar-refractivity contribution in [1.29, 1.82) is 0 Å². The molecule has 2 aromatic heterocycles. The lowest BCUT2D eigenvalue weighted by atomic mass is 10.1. The molecule has 0 atom stereocenters. The van der Waals surface area contributed by atoms with Crippen molar-refractivity contribution in [2.45, 2.75) is 0 Å². The van der Waals surface area contributed by atoms with E-state index in [0.717, 1.165) is 14.7 Å². The second-order valence-corrected chi connectivity index (χ2v) is 5.99. The number of carbonyl (C=O) groups is 3. The van der Waals surface area contributed by atoms with Crippen LogP contribution in [0.4, 0.5) is 0 Å². The van der Waals surface area contributed by atoms with Gasteiger partial charge < -0.3 is 4.79 Å². The van der Waals surface area contributed by atoms with E-state index in [1.54, 1.807) is 0 Å². The molecule has 2 amide bonds. The van der Waals surface area contributed by atoms with Gasteiger partial charge in [0.2, 0.25) is 0 Å². The second kappa shape index (κ2) is 5.15. The van der Waals surface area contributed by atoms with Gasteiger partial charge in [-0.15, -0.1) is 22.7 Å². The summed E-state index contributed by atoms with van der Waals surface area (Å²) in [5.74, 6) is -0.791. The van der Waals surface area contributed by atoms with E-state index >= 15 is 0 Å². The topological polar surface area (TPSA) is 54.5 Å². The normalized spacial score (nSPS) is 15.3. The lowest BCUT2D eigenvalue weighted by Crippen LogP contribution is -2.33. The van der Waals surface area contributed by atoms with Crippen LogP contribution in [0.3, 0.4) is 0 Å². The van der Waals surface area contributed by atoms with E-state index in [4.69, 9.17) is 0 Å². The highest BCUT2D eigenvalue weighted by Crippen LogP contribution is 2.38. The molecule has 1 aliphatic rings. The molecule has 0 unspecified atom stereocenters. The van der Waals surface area contributed by atoms with E-state index in [-0.39, 0.29) is 6.54 Å². The zero-order valence-corrected chi connectivity index (χ0v) is 11.9. The fourth-order valence-corrected chi connectivity index (χ4v) is 3.65. The van der Waals surface area contributed by atoms with Crippen LogP contribution in [0.2, 0.25) is 0 Å². The highest BCUT2D eigenvalue weighted by molar-refractivity contribution is 7.13. The van der Waals surface area contributed by atoms with E-state index in [0.29, 0.717) is 17.4 Å². The Morgan fingerprint density at radius 2 is 1.45 bits per heavy atom. The van der Waals surface area contributed by atoms with E-state index in [1.165, 1.54) is 22.7 Å². The molecule has 20 heavy (non-hydrogen) atoms. The Morgan fingerprint density at radius 3 is 1.80 bits per heavy atom. The van der Waals surface area contributed by atoms with Crippen molar-refractivity contribution in [3.63, 3.8) is 0 Å². The molecule has 3 rings (SSSR count). The van der Waals surface area contributed by atoms with Crippen LogP contribution in [0, 0.1) is 0 Å². The molecular formula is C14H9NO3S2. The van der Waals surface area contributed by atoms with E-state index < -0.39 is 11.8 Å². The molecule has 0 N–H and O–H groups in total. The summed E-state index contributed by atoms with van der Waals surface area (Å²) in [7, 11) is 0. The third-order valence-corrected chi connectivity index (χ3v) is 4.74. The first-order valence-electron chi connectivity index (χ1n) is 5.86. The quantitative estimate of drug-likeness (QED) is 0.643. The minimum absolute atomic E-state index is 0.207. The Kier molecular flexibility index (Phi) is 3.33. The summed E-state index contributed by atoms with van der Waals surface area (Å²) in [6.45, 7) is -0.207. The van der Waals surface area contributed by atoms with Gasteiger partial charge in [0, 0.05) is 9.75 Å². The molecule has 0 saturated heterocycles. The lowest BCUT2D eigenvalue weighted by Gasteiger charge is -2.10. The van der Waals surface area contributed by atoms with Crippen LogP contribution in [0.15, 0.2) is 35.0 Å². The number of nitrogens with zero attached hydrogens (tertiary/aromatic N) is 1. The van der Waals surface area contributed by atoms with Gasteiger partial charge in [0.15, 0.2) is 0 Å². The summed E-state index contributed by atoms with van der Waals surface area (Å²) in [4.78, 5) is 38.0. The molecule has 0 radical (unpaired) electrons. The number of aldehydes is 1. The lowest BCUT2D eigenvalue weighted by molar-refractivity contribution is -0.137. The number of imide groups is 1. The number of hydrogen-bond acceptors (Lipinski definition) is 5. The molecular weight excluding hydrogens is 294 g/mol. The maximum absolute atomic E-state index is 12.4. The van der Waals surface area contributed by atoms with Crippen molar-refractivity contribution in [1.82, 2.24) is 4.90 Å². The van der Waals surface area contributed by atoms with Gasteiger partial charge >= 0.3 is 0 Å². The third kappa shape index (κ3) is 1.93. The van der Waals surface area contributed by atoms with Gasteiger partial charge in [-0.05, 0) is 22.9 Å². The summed E-state index contributed by atoms with van der Waals surface area (Å²) in [6.07, 6.45) is 0.569. The molecule has 0 spiro atoms. The van der Waals surface area contributed by atoms with Gasteiger partial charge in [-0.2, -0.15) is 0 Å². The predicted molar refractivity (Wildman–Crippen MR) is 78.2 cm³/mol. The van der Waals surface area contributed by atoms with E-state index in [1.807, 2.05) is 35.0 Å². The maximum Gasteiger partial charge on any atom is 0.263 e. The fraction of sp³-hybridized carbons (Fsp3) is 0.0714. The van der Waals surface area contributed by atoms with Crippen molar-refractivity contribution >= 4 is 51.9 Å². The average molecular weight is 303 g/mol. The summed E-state index contributed by atoms with van der Waals surface area (Å²) in [5, 5.41) is 3.71. The Hall–Kier alpha value is -2.05. The Bertz CT molecular complexity index is 643. The number of carbonyl (C=O) groups excluding carboxylic acids is 3. The van der Waals surface area contributed by atoms with Gasteiger partial charge in [0.1, 0.15) is 6.29 Å². The molecule has 0 aliphatic carbocycles. The summed E-state index contributed by atoms with van der Waals surface area (Å²) >= 11 is 2.81. The van der Waals surface area contributed by atoms with Crippen molar-refractivity contribution in [3.05, 3.63) is 44.8 Å².